The molecular formula is C17H27N3O. The van der Waals surface area contributed by atoms with Gasteiger partial charge in [-0.2, -0.15) is 0 Å². The van der Waals surface area contributed by atoms with E-state index >= 15 is 0 Å². The maximum Gasteiger partial charge on any atom is 0.151 e. The number of nitrogens with zero attached hydrogens (tertiary/aromatic N) is 2. The molecule has 0 bridgehead atoms. The topological polar surface area (TPSA) is 37.4 Å². The lowest BCUT2D eigenvalue weighted by atomic mass is 9.90. The Hall–Kier alpha value is -1.29. The van der Waals surface area contributed by atoms with Crippen molar-refractivity contribution in [2.75, 3.05) is 29.9 Å². The SMILES string of the molecule is CCC1(C)CC(Nc2cccnc2N2CCCC2)CCO1. The van der Waals surface area contributed by atoms with Crippen molar-refractivity contribution in [2.24, 2.45) is 0 Å². The van der Waals surface area contributed by atoms with Crippen LogP contribution in [0.2, 0.25) is 0 Å². The minimum atomic E-state index is 0.0198. The molecule has 0 radical (unpaired) electrons. The standard InChI is InChI=1S/C17H27N3O/c1-3-17(2)13-14(8-12-21-17)19-15-7-6-9-18-16(15)20-10-4-5-11-20/h6-7,9,14,19H,3-5,8,10-13H2,1-2H3. The number of ether oxygens (including phenoxy) is 1. The van der Waals surface area contributed by atoms with E-state index in [9.17, 15) is 0 Å². The van der Waals surface area contributed by atoms with Crippen LogP contribution in [-0.4, -0.2) is 36.3 Å². The molecular weight excluding hydrogens is 262 g/mol. The van der Waals surface area contributed by atoms with Gasteiger partial charge in [-0.15, -0.1) is 0 Å². The summed E-state index contributed by atoms with van der Waals surface area (Å²) in [7, 11) is 0. The van der Waals surface area contributed by atoms with Crippen molar-refractivity contribution in [3.05, 3.63) is 18.3 Å². The van der Waals surface area contributed by atoms with Crippen LogP contribution in [0.25, 0.3) is 0 Å². The Morgan fingerprint density at radius 1 is 1.43 bits per heavy atom. The van der Waals surface area contributed by atoms with Gasteiger partial charge in [0, 0.05) is 31.9 Å². The van der Waals surface area contributed by atoms with E-state index in [0.717, 1.165) is 44.8 Å². The van der Waals surface area contributed by atoms with E-state index < -0.39 is 0 Å². The molecule has 4 nitrogen and oxygen atoms in total. The highest BCUT2D eigenvalue weighted by Crippen LogP contribution is 2.32. The fraction of sp³-hybridized carbons (Fsp3) is 0.706. The third kappa shape index (κ3) is 3.31. The molecule has 2 saturated heterocycles. The number of rotatable bonds is 4. The second-order valence-corrected chi connectivity index (χ2v) is 6.55. The van der Waals surface area contributed by atoms with Gasteiger partial charge in [-0.05, 0) is 51.2 Å². The molecule has 4 heteroatoms. The van der Waals surface area contributed by atoms with E-state index in [0.29, 0.717) is 6.04 Å². The zero-order valence-electron chi connectivity index (χ0n) is 13.3. The number of anilines is 2. The quantitative estimate of drug-likeness (QED) is 0.921. The van der Waals surface area contributed by atoms with Gasteiger partial charge in [0.1, 0.15) is 0 Å². The number of hydrogen-bond acceptors (Lipinski definition) is 4. The highest BCUT2D eigenvalue weighted by molar-refractivity contribution is 5.66. The Labute approximate surface area is 127 Å². The number of pyridine rings is 1. The molecule has 0 amide bonds. The second-order valence-electron chi connectivity index (χ2n) is 6.55. The van der Waals surface area contributed by atoms with Gasteiger partial charge in [-0.3, -0.25) is 0 Å². The van der Waals surface area contributed by atoms with Crippen molar-refractivity contribution in [3.63, 3.8) is 0 Å². The summed E-state index contributed by atoms with van der Waals surface area (Å²) in [4.78, 5) is 7.02. The minimum Gasteiger partial charge on any atom is -0.379 e. The summed E-state index contributed by atoms with van der Waals surface area (Å²) in [6, 6.07) is 4.67. The van der Waals surface area contributed by atoms with E-state index in [-0.39, 0.29) is 5.60 Å². The molecule has 2 aliphatic rings. The van der Waals surface area contributed by atoms with Crippen LogP contribution in [0.5, 0.6) is 0 Å². The third-order valence-electron chi connectivity index (χ3n) is 4.89. The van der Waals surface area contributed by atoms with Gasteiger partial charge in [-0.1, -0.05) is 6.92 Å². The largest absolute Gasteiger partial charge is 0.379 e. The Balaban J connectivity index is 1.72. The first-order valence-corrected chi connectivity index (χ1v) is 8.31. The van der Waals surface area contributed by atoms with Crippen molar-refractivity contribution in [2.45, 2.75) is 57.6 Å². The first-order valence-electron chi connectivity index (χ1n) is 8.31. The second kappa shape index (κ2) is 6.22. The van der Waals surface area contributed by atoms with Crippen LogP contribution in [0.3, 0.4) is 0 Å². The normalized spacial score (nSPS) is 29.6. The first kappa shape index (κ1) is 14.6. The molecule has 3 rings (SSSR count). The molecule has 0 aliphatic carbocycles. The highest BCUT2D eigenvalue weighted by atomic mass is 16.5. The molecule has 0 aromatic carbocycles. The first-order chi connectivity index (χ1) is 10.2. The minimum absolute atomic E-state index is 0.0198. The van der Waals surface area contributed by atoms with Crippen molar-refractivity contribution >= 4 is 11.5 Å². The molecule has 1 aromatic rings. The van der Waals surface area contributed by atoms with E-state index in [4.69, 9.17) is 4.74 Å². The Bertz CT molecular complexity index is 473. The molecule has 2 aliphatic heterocycles. The van der Waals surface area contributed by atoms with Crippen LogP contribution < -0.4 is 10.2 Å². The van der Waals surface area contributed by atoms with Gasteiger partial charge in [-0.25, -0.2) is 4.98 Å². The van der Waals surface area contributed by atoms with Gasteiger partial charge >= 0.3 is 0 Å². The lowest BCUT2D eigenvalue weighted by Gasteiger charge is -2.38. The third-order valence-corrected chi connectivity index (χ3v) is 4.89. The fourth-order valence-corrected chi connectivity index (χ4v) is 3.41. The van der Waals surface area contributed by atoms with Crippen LogP contribution in [0.1, 0.15) is 46.0 Å². The monoisotopic (exact) mass is 289 g/mol. The van der Waals surface area contributed by atoms with E-state index in [1.54, 1.807) is 0 Å². The summed E-state index contributed by atoms with van der Waals surface area (Å²) in [5, 5.41) is 3.73. The van der Waals surface area contributed by atoms with Gasteiger partial charge in [0.05, 0.1) is 11.3 Å². The summed E-state index contributed by atoms with van der Waals surface area (Å²) < 4.78 is 5.95. The molecule has 0 saturated carbocycles. The van der Waals surface area contributed by atoms with Crippen LogP contribution in [0.15, 0.2) is 18.3 Å². The van der Waals surface area contributed by atoms with Gasteiger partial charge < -0.3 is 15.0 Å². The van der Waals surface area contributed by atoms with Crippen LogP contribution >= 0.6 is 0 Å². The summed E-state index contributed by atoms with van der Waals surface area (Å²) in [6.45, 7) is 7.55. The van der Waals surface area contributed by atoms with Crippen LogP contribution in [-0.2, 0) is 4.74 Å². The highest BCUT2D eigenvalue weighted by Gasteiger charge is 2.32. The maximum atomic E-state index is 5.95. The molecule has 2 unspecified atom stereocenters. The molecule has 1 aromatic heterocycles. The molecule has 2 atom stereocenters. The van der Waals surface area contributed by atoms with Crippen molar-refractivity contribution in [3.8, 4) is 0 Å². The fourth-order valence-electron chi connectivity index (χ4n) is 3.41. The Morgan fingerprint density at radius 2 is 2.24 bits per heavy atom. The molecule has 0 spiro atoms. The predicted molar refractivity (Wildman–Crippen MR) is 87.0 cm³/mol. The molecule has 2 fully saturated rings. The molecule has 21 heavy (non-hydrogen) atoms. The van der Waals surface area contributed by atoms with E-state index in [1.807, 2.05) is 12.3 Å². The summed E-state index contributed by atoms with van der Waals surface area (Å²) in [6.07, 6.45) is 7.67. The smallest absolute Gasteiger partial charge is 0.151 e. The molecule has 1 N–H and O–H groups in total. The maximum absolute atomic E-state index is 5.95. The lowest BCUT2D eigenvalue weighted by molar-refractivity contribution is -0.0708. The van der Waals surface area contributed by atoms with E-state index in [2.05, 4.69) is 35.1 Å². The Morgan fingerprint density at radius 3 is 3.00 bits per heavy atom. The van der Waals surface area contributed by atoms with Gasteiger partial charge in [0.15, 0.2) is 5.82 Å². The van der Waals surface area contributed by atoms with Gasteiger partial charge in [0.25, 0.3) is 0 Å². The molecule has 3 heterocycles. The van der Waals surface area contributed by atoms with Crippen LogP contribution in [0, 0.1) is 0 Å². The lowest BCUT2D eigenvalue weighted by Crippen LogP contribution is -2.42. The zero-order valence-corrected chi connectivity index (χ0v) is 13.3. The van der Waals surface area contributed by atoms with Crippen molar-refractivity contribution < 1.29 is 4.74 Å². The van der Waals surface area contributed by atoms with Gasteiger partial charge in [0.2, 0.25) is 0 Å². The zero-order chi connectivity index (χ0) is 14.7. The summed E-state index contributed by atoms with van der Waals surface area (Å²) >= 11 is 0. The van der Waals surface area contributed by atoms with Crippen molar-refractivity contribution in [1.82, 2.24) is 4.98 Å². The molecule has 116 valence electrons. The van der Waals surface area contributed by atoms with Crippen LogP contribution in [0.4, 0.5) is 11.5 Å². The summed E-state index contributed by atoms with van der Waals surface area (Å²) in [5.74, 6) is 1.12. The number of aromatic nitrogens is 1. The number of hydrogen-bond donors (Lipinski definition) is 1. The summed E-state index contributed by atoms with van der Waals surface area (Å²) in [5.41, 5.74) is 1.20. The Kier molecular flexibility index (Phi) is 4.34. The average Bonchev–Trinajstić information content (AvgIpc) is 3.02. The average molecular weight is 289 g/mol. The number of nitrogens with one attached hydrogen (secondary N) is 1. The van der Waals surface area contributed by atoms with E-state index in [1.165, 1.54) is 18.5 Å². The van der Waals surface area contributed by atoms with Crippen molar-refractivity contribution in [1.29, 1.82) is 0 Å². The predicted octanol–water partition coefficient (Wildman–Crippen LogP) is 3.44.